The largest absolute Gasteiger partial charge is 0.480 e. The number of nitrogens with zero attached hydrogens (tertiary/aromatic N) is 2. The Kier molecular flexibility index (Phi) is 5.06. The lowest BCUT2D eigenvalue weighted by Crippen LogP contribution is -2.23. The SMILES string of the molecule is O=C(O)CN/C(=C\[N+](=O)[O-])Cc1ccc(Cl)nc1. The van der Waals surface area contributed by atoms with E-state index in [4.69, 9.17) is 16.7 Å². The third-order valence-corrected chi connectivity index (χ3v) is 2.13. The van der Waals surface area contributed by atoms with Crippen LogP contribution < -0.4 is 5.32 Å². The van der Waals surface area contributed by atoms with Gasteiger partial charge < -0.3 is 10.4 Å². The molecule has 1 aromatic heterocycles. The fraction of sp³-hybridized carbons (Fsp3) is 0.200. The van der Waals surface area contributed by atoms with E-state index in [1.165, 1.54) is 6.20 Å². The van der Waals surface area contributed by atoms with Crippen LogP contribution in [0.25, 0.3) is 0 Å². The van der Waals surface area contributed by atoms with Gasteiger partial charge in [0, 0.05) is 12.6 Å². The number of aliphatic carboxylic acids is 1. The molecule has 0 amide bonds. The maximum absolute atomic E-state index is 10.4. The molecule has 8 heteroatoms. The first kappa shape index (κ1) is 13.9. The van der Waals surface area contributed by atoms with Gasteiger partial charge in [0.2, 0.25) is 0 Å². The number of hydrogen-bond donors (Lipinski definition) is 2. The summed E-state index contributed by atoms with van der Waals surface area (Å²) in [5.74, 6) is -1.10. The molecule has 0 bridgehead atoms. The first-order valence-electron chi connectivity index (χ1n) is 4.87. The monoisotopic (exact) mass is 271 g/mol. The maximum atomic E-state index is 10.4. The second-order valence-corrected chi connectivity index (χ2v) is 3.74. The number of allylic oxidation sites excluding steroid dienone is 1. The molecule has 0 aromatic carbocycles. The van der Waals surface area contributed by atoms with E-state index in [-0.39, 0.29) is 18.7 Å². The Morgan fingerprint density at radius 2 is 2.33 bits per heavy atom. The van der Waals surface area contributed by atoms with Crippen molar-refractivity contribution in [3.05, 3.63) is 51.1 Å². The minimum absolute atomic E-state index is 0.179. The molecule has 1 aromatic rings. The van der Waals surface area contributed by atoms with E-state index < -0.39 is 10.9 Å². The minimum Gasteiger partial charge on any atom is -0.480 e. The molecule has 0 aliphatic rings. The number of pyridine rings is 1. The van der Waals surface area contributed by atoms with E-state index in [0.717, 1.165) is 6.20 Å². The number of carbonyl (C=O) groups is 1. The van der Waals surface area contributed by atoms with Crippen LogP contribution >= 0.6 is 11.6 Å². The lowest BCUT2D eigenvalue weighted by atomic mass is 10.1. The topological polar surface area (TPSA) is 105 Å². The van der Waals surface area contributed by atoms with Gasteiger partial charge in [0.15, 0.2) is 0 Å². The van der Waals surface area contributed by atoms with Gasteiger partial charge in [-0.15, -0.1) is 0 Å². The number of halogens is 1. The Labute approximate surface area is 107 Å². The van der Waals surface area contributed by atoms with Crippen molar-refractivity contribution in [3.63, 3.8) is 0 Å². The van der Waals surface area contributed by atoms with Crippen LogP contribution in [0, 0.1) is 10.1 Å². The molecule has 96 valence electrons. The van der Waals surface area contributed by atoms with Gasteiger partial charge in [-0.1, -0.05) is 17.7 Å². The highest BCUT2D eigenvalue weighted by Crippen LogP contribution is 2.09. The summed E-state index contributed by atoms with van der Waals surface area (Å²) in [6.07, 6.45) is 2.38. The zero-order valence-electron chi connectivity index (χ0n) is 9.17. The Balaban J connectivity index is 2.75. The highest BCUT2D eigenvalue weighted by molar-refractivity contribution is 6.29. The molecule has 0 aliphatic heterocycles. The molecule has 0 unspecified atom stereocenters. The van der Waals surface area contributed by atoms with E-state index in [0.29, 0.717) is 10.7 Å². The van der Waals surface area contributed by atoms with Gasteiger partial charge in [0.25, 0.3) is 6.20 Å². The average Bonchev–Trinajstić information content (AvgIpc) is 2.28. The average molecular weight is 272 g/mol. The number of rotatable bonds is 6. The Morgan fingerprint density at radius 1 is 1.61 bits per heavy atom. The maximum Gasteiger partial charge on any atom is 0.322 e. The van der Waals surface area contributed by atoms with Gasteiger partial charge in [-0.25, -0.2) is 4.98 Å². The summed E-state index contributed by atoms with van der Waals surface area (Å²) in [4.78, 5) is 24.0. The van der Waals surface area contributed by atoms with Crippen LogP contribution in [0.2, 0.25) is 5.15 Å². The van der Waals surface area contributed by atoms with Crippen molar-refractivity contribution in [2.24, 2.45) is 0 Å². The van der Waals surface area contributed by atoms with Crippen molar-refractivity contribution in [2.45, 2.75) is 6.42 Å². The number of aromatic nitrogens is 1. The van der Waals surface area contributed by atoms with E-state index >= 15 is 0 Å². The highest BCUT2D eigenvalue weighted by atomic mass is 35.5. The molecule has 18 heavy (non-hydrogen) atoms. The van der Waals surface area contributed by atoms with Crippen molar-refractivity contribution in [1.82, 2.24) is 10.3 Å². The van der Waals surface area contributed by atoms with Crippen molar-refractivity contribution in [2.75, 3.05) is 6.54 Å². The Bertz CT molecular complexity index is 473. The third-order valence-electron chi connectivity index (χ3n) is 1.91. The summed E-state index contributed by atoms with van der Waals surface area (Å²) in [7, 11) is 0. The van der Waals surface area contributed by atoms with E-state index in [9.17, 15) is 14.9 Å². The first-order valence-corrected chi connectivity index (χ1v) is 5.25. The van der Waals surface area contributed by atoms with Crippen LogP contribution in [-0.2, 0) is 11.2 Å². The molecule has 0 aliphatic carbocycles. The first-order chi connectivity index (χ1) is 8.47. The van der Waals surface area contributed by atoms with Gasteiger partial charge >= 0.3 is 5.97 Å². The molecule has 0 radical (unpaired) electrons. The highest BCUT2D eigenvalue weighted by Gasteiger charge is 2.07. The molecule has 1 heterocycles. The number of carboxylic acid groups (broad SMARTS) is 1. The number of carboxylic acids is 1. The molecule has 2 N–H and O–H groups in total. The van der Waals surface area contributed by atoms with E-state index in [1.54, 1.807) is 12.1 Å². The predicted molar refractivity (Wildman–Crippen MR) is 63.7 cm³/mol. The lowest BCUT2D eigenvalue weighted by molar-refractivity contribution is -0.403. The molecule has 0 atom stereocenters. The van der Waals surface area contributed by atoms with Crippen LogP contribution in [0.1, 0.15) is 5.56 Å². The van der Waals surface area contributed by atoms with Crippen LogP contribution in [0.15, 0.2) is 30.2 Å². The van der Waals surface area contributed by atoms with Gasteiger partial charge in [-0.05, 0) is 11.6 Å². The quantitative estimate of drug-likeness (QED) is 0.455. The van der Waals surface area contributed by atoms with E-state index in [1.807, 2.05) is 0 Å². The molecule has 0 saturated heterocycles. The molecular weight excluding hydrogens is 262 g/mol. The summed E-state index contributed by atoms with van der Waals surface area (Å²) in [6.45, 7) is -0.388. The molecule has 0 saturated carbocycles. The van der Waals surface area contributed by atoms with E-state index in [2.05, 4.69) is 10.3 Å². The second-order valence-electron chi connectivity index (χ2n) is 3.35. The van der Waals surface area contributed by atoms with Crippen LogP contribution in [0.3, 0.4) is 0 Å². The predicted octanol–water partition coefficient (Wildman–Crippen LogP) is 1.07. The van der Waals surface area contributed by atoms with Gasteiger partial charge in [0.05, 0.1) is 10.6 Å². The third kappa shape index (κ3) is 5.26. The molecule has 0 spiro atoms. The lowest BCUT2D eigenvalue weighted by Gasteiger charge is -2.06. The minimum atomic E-state index is -1.10. The number of nitrogens with one attached hydrogen (secondary N) is 1. The summed E-state index contributed by atoms with van der Waals surface area (Å²) in [5, 5.41) is 21.7. The van der Waals surface area contributed by atoms with Gasteiger partial charge in [-0.2, -0.15) is 0 Å². The fourth-order valence-corrected chi connectivity index (χ4v) is 1.31. The summed E-state index contributed by atoms with van der Waals surface area (Å²) in [6, 6.07) is 3.21. The van der Waals surface area contributed by atoms with Crippen LogP contribution in [0.5, 0.6) is 0 Å². The van der Waals surface area contributed by atoms with Crippen molar-refractivity contribution in [3.8, 4) is 0 Å². The Morgan fingerprint density at radius 3 is 2.83 bits per heavy atom. The normalized spacial score (nSPS) is 11.1. The van der Waals surface area contributed by atoms with Crippen molar-refractivity contribution >= 4 is 17.6 Å². The molecule has 1 rings (SSSR count). The molecule has 0 fully saturated rings. The molecular formula is C10H10ClN3O4. The van der Waals surface area contributed by atoms with Crippen molar-refractivity contribution < 1.29 is 14.8 Å². The van der Waals surface area contributed by atoms with Crippen LogP contribution in [-0.4, -0.2) is 27.5 Å². The fourth-order valence-electron chi connectivity index (χ4n) is 1.20. The van der Waals surface area contributed by atoms with Crippen LogP contribution in [0.4, 0.5) is 0 Å². The van der Waals surface area contributed by atoms with Crippen molar-refractivity contribution in [1.29, 1.82) is 0 Å². The number of hydrogen-bond acceptors (Lipinski definition) is 5. The van der Waals surface area contributed by atoms with Gasteiger partial charge in [-0.3, -0.25) is 14.9 Å². The zero-order chi connectivity index (χ0) is 13.5. The zero-order valence-corrected chi connectivity index (χ0v) is 9.92. The Hall–Kier alpha value is -2.15. The summed E-state index contributed by atoms with van der Waals surface area (Å²) in [5.41, 5.74) is 0.872. The summed E-state index contributed by atoms with van der Waals surface area (Å²) >= 11 is 5.61. The van der Waals surface area contributed by atoms with Gasteiger partial charge in [0.1, 0.15) is 11.7 Å². The number of nitro groups is 1. The smallest absolute Gasteiger partial charge is 0.322 e. The summed E-state index contributed by atoms with van der Waals surface area (Å²) < 4.78 is 0. The molecule has 7 nitrogen and oxygen atoms in total. The standard InChI is InChI=1S/C10H10ClN3O4/c11-9-2-1-7(4-13-9)3-8(6-14(17)18)12-5-10(15)16/h1-2,4,6,12H,3,5H2,(H,15,16)/b8-6-. The second kappa shape index (κ2) is 6.55.